The SMILES string of the molecule is N#CC1=CCCC=C1N1CCC[C@@]2(CCN(C3CCC(O)CC3)C2=O)C1. The van der Waals surface area contributed by atoms with Gasteiger partial charge in [-0.1, -0.05) is 12.2 Å². The first kappa shape index (κ1) is 17.6. The summed E-state index contributed by atoms with van der Waals surface area (Å²) in [5.41, 5.74) is 1.55. The third-order valence-electron chi connectivity index (χ3n) is 6.82. The fourth-order valence-electron chi connectivity index (χ4n) is 5.35. The molecule has 5 heteroatoms. The van der Waals surface area contributed by atoms with Crippen LogP contribution < -0.4 is 0 Å². The second-order valence-corrected chi connectivity index (χ2v) is 8.41. The van der Waals surface area contributed by atoms with Gasteiger partial charge in [-0.15, -0.1) is 0 Å². The van der Waals surface area contributed by atoms with Gasteiger partial charge in [-0.05, 0) is 57.8 Å². The zero-order valence-electron chi connectivity index (χ0n) is 15.5. The highest BCUT2D eigenvalue weighted by atomic mass is 16.3. The molecule has 3 fully saturated rings. The van der Waals surface area contributed by atoms with Crippen LogP contribution in [-0.4, -0.2) is 52.6 Å². The molecule has 2 aliphatic heterocycles. The van der Waals surface area contributed by atoms with Crippen LogP contribution in [-0.2, 0) is 4.79 Å². The van der Waals surface area contributed by atoms with E-state index in [0.717, 1.165) is 88.7 Å². The van der Waals surface area contributed by atoms with E-state index in [1.807, 2.05) is 6.08 Å². The Morgan fingerprint density at radius 2 is 1.88 bits per heavy atom. The summed E-state index contributed by atoms with van der Waals surface area (Å²) in [5.74, 6) is 0.322. The maximum atomic E-state index is 13.4. The lowest BCUT2D eigenvalue weighted by molar-refractivity contribution is -0.141. The van der Waals surface area contributed by atoms with Gasteiger partial charge in [-0.25, -0.2) is 0 Å². The van der Waals surface area contributed by atoms with Crippen LogP contribution in [0.3, 0.4) is 0 Å². The molecular formula is C21H29N3O2. The first-order valence-electron chi connectivity index (χ1n) is 10.2. The highest BCUT2D eigenvalue weighted by Gasteiger charge is 2.51. The van der Waals surface area contributed by atoms with Crippen molar-refractivity contribution in [3.8, 4) is 6.07 Å². The molecule has 1 atom stereocenters. The van der Waals surface area contributed by atoms with Gasteiger partial charge < -0.3 is 14.9 Å². The van der Waals surface area contributed by atoms with Crippen LogP contribution in [0.4, 0.5) is 0 Å². The van der Waals surface area contributed by atoms with Crippen molar-refractivity contribution in [3.05, 3.63) is 23.4 Å². The zero-order valence-corrected chi connectivity index (χ0v) is 15.5. The fraction of sp³-hybridized carbons (Fsp3) is 0.714. The first-order valence-corrected chi connectivity index (χ1v) is 10.2. The smallest absolute Gasteiger partial charge is 0.230 e. The van der Waals surface area contributed by atoms with Gasteiger partial charge in [-0.3, -0.25) is 4.79 Å². The Kier molecular flexibility index (Phi) is 4.79. The molecule has 0 aromatic heterocycles. The standard InChI is InChI=1S/C21H29N3O2/c22-14-16-4-1-2-5-19(16)23-12-3-10-21(15-23)11-13-24(20(21)26)17-6-8-18(25)9-7-17/h4-5,17-18,25H,1-3,6-13,15H2/t17?,18?,21-/m1/s1. The van der Waals surface area contributed by atoms with Crippen molar-refractivity contribution in [2.24, 2.45) is 5.41 Å². The number of carbonyl (C=O) groups is 1. The summed E-state index contributed by atoms with van der Waals surface area (Å²) in [6, 6.07) is 2.65. The number of nitriles is 1. The maximum absolute atomic E-state index is 13.4. The molecular weight excluding hydrogens is 326 g/mol. The summed E-state index contributed by atoms with van der Waals surface area (Å²) in [4.78, 5) is 17.8. The predicted molar refractivity (Wildman–Crippen MR) is 98.8 cm³/mol. The molecule has 2 heterocycles. The van der Waals surface area contributed by atoms with Crippen molar-refractivity contribution in [2.45, 2.75) is 69.9 Å². The molecule has 140 valence electrons. The van der Waals surface area contributed by atoms with Crippen LogP contribution in [0.2, 0.25) is 0 Å². The minimum Gasteiger partial charge on any atom is -0.393 e. The van der Waals surface area contributed by atoms with E-state index in [2.05, 4.69) is 21.9 Å². The van der Waals surface area contributed by atoms with E-state index in [1.54, 1.807) is 0 Å². The number of allylic oxidation sites excluding steroid dienone is 3. The maximum Gasteiger partial charge on any atom is 0.230 e. The van der Waals surface area contributed by atoms with Crippen molar-refractivity contribution in [1.29, 1.82) is 5.26 Å². The third-order valence-corrected chi connectivity index (χ3v) is 6.82. The van der Waals surface area contributed by atoms with Crippen LogP contribution in [0, 0.1) is 16.7 Å². The summed E-state index contributed by atoms with van der Waals surface area (Å²) >= 11 is 0. The summed E-state index contributed by atoms with van der Waals surface area (Å²) < 4.78 is 0. The second-order valence-electron chi connectivity index (χ2n) is 8.41. The van der Waals surface area contributed by atoms with E-state index in [9.17, 15) is 15.2 Å². The number of nitrogens with zero attached hydrogens (tertiary/aromatic N) is 3. The van der Waals surface area contributed by atoms with E-state index in [4.69, 9.17) is 0 Å². The molecule has 0 unspecified atom stereocenters. The molecule has 4 aliphatic rings. The lowest BCUT2D eigenvalue weighted by Gasteiger charge is -2.42. The predicted octanol–water partition coefficient (Wildman–Crippen LogP) is 2.73. The van der Waals surface area contributed by atoms with Gasteiger partial charge in [0.1, 0.15) is 6.07 Å². The molecule has 0 aromatic rings. The minimum absolute atomic E-state index is 0.183. The topological polar surface area (TPSA) is 67.6 Å². The molecule has 0 aromatic carbocycles. The van der Waals surface area contributed by atoms with Crippen molar-refractivity contribution in [1.82, 2.24) is 9.80 Å². The lowest BCUT2D eigenvalue weighted by atomic mass is 9.77. The number of hydrogen-bond acceptors (Lipinski definition) is 4. The van der Waals surface area contributed by atoms with E-state index in [-0.39, 0.29) is 11.5 Å². The number of carbonyl (C=O) groups excluding carboxylic acids is 1. The van der Waals surface area contributed by atoms with Crippen LogP contribution in [0.25, 0.3) is 0 Å². The Morgan fingerprint density at radius 3 is 2.65 bits per heavy atom. The number of rotatable bonds is 2. The molecule has 2 saturated heterocycles. The lowest BCUT2D eigenvalue weighted by Crippen LogP contribution is -2.49. The Balaban J connectivity index is 1.49. The molecule has 1 saturated carbocycles. The monoisotopic (exact) mass is 355 g/mol. The molecule has 26 heavy (non-hydrogen) atoms. The Morgan fingerprint density at radius 1 is 1.12 bits per heavy atom. The van der Waals surface area contributed by atoms with E-state index in [0.29, 0.717) is 11.9 Å². The van der Waals surface area contributed by atoms with Gasteiger partial charge >= 0.3 is 0 Å². The number of aliphatic hydroxyl groups is 1. The first-order chi connectivity index (χ1) is 12.6. The number of aliphatic hydroxyl groups excluding tert-OH is 1. The summed E-state index contributed by atoms with van der Waals surface area (Å²) in [6.45, 7) is 2.55. The van der Waals surface area contributed by atoms with E-state index < -0.39 is 0 Å². The quantitative estimate of drug-likeness (QED) is 0.827. The molecule has 1 amide bonds. The van der Waals surface area contributed by atoms with Crippen LogP contribution in [0.1, 0.15) is 57.8 Å². The molecule has 2 aliphatic carbocycles. The number of amides is 1. The average Bonchev–Trinajstić information content (AvgIpc) is 2.98. The van der Waals surface area contributed by atoms with Crippen molar-refractivity contribution in [2.75, 3.05) is 19.6 Å². The molecule has 4 rings (SSSR count). The second kappa shape index (κ2) is 7.08. The number of hydrogen-bond donors (Lipinski definition) is 1. The summed E-state index contributed by atoms with van der Waals surface area (Å²) in [6.07, 6.45) is 12.3. The van der Waals surface area contributed by atoms with Crippen molar-refractivity contribution >= 4 is 5.91 Å². The molecule has 1 N–H and O–H groups in total. The Bertz CT molecular complexity index is 669. The fourth-order valence-corrected chi connectivity index (χ4v) is 5.35. The van der Waals surface area contributed by atoms with Gasteiger partial charge in [0, 0.05) is 25.7 Å². The van der Waals surface area contributed by atoms with Gasteiger partial charge in [0.05, 0.1) is 22.8 Å². The third kappa shape index (κ3) is 3.05. The summed E-state index contributed by atoms with van der Waals surface area (Å²) in [7, 11) is 0. The Hall–Kier alpha value is -1.80. The van der Waals surface area contributed by atoms with Gasteiger partial charge in [0.2, 0.25) is 5.91 Å². The van der Waals surface area contributed by atoms with Gasteiger partial charge in [0.25, 0.3) is 0 Å². The van der Waals surface area contributed by atoms with Gasteiger partial charge in [0.15, 0.2) is 0 Å². The summed E-state index contributed by atoms with van der Waals surface area (Å²) in [5, 5.41) is 19.2. The van der Waals surface area contributed by atoms with E-state index >= 15 is 0 Å². The highest BCUT2D eigenvalue weighted by molar-refractivity contribution is 5.85. The Labute approximate surface area is 156 Å². The average molecular weight is 355 g/mol. The van der Waals surface area contributed by atoms with Crippen LogP contribution >= 0.6 is 0 Å². The number of likely N-dealkylation sites (tertiary alicyclic amines) is 2. The number of piperidine rings is 1. The normalized spacial score (nSPS) is 35.3. The van der Waals surface area contributed by atoms with Crippen LogP contribution in [0.15, 0.2) is 23.4 Å². The van der Waals surface area contributed by atoms with Gasteiger partial charge in [-0.2, -0.15) is 5.26 Å². The molecule has 1 spiro atoms. The molecule has 5 nitrogen and oxygen atoms in total. The van der Waals surface area contributed by atoms with E-state index in [1.165, 1.54) is 0 Å². The zero-order chi connectivity index (χ0) is 18.1. The van der Waals surface area contributed by atoms with Crippen molar-refractivity contribution in [3.63, 3.8) is 0 Å². The molecule has 0 radical (unpaired) electrons. The minimum atomic E-state index is -0.271. The largest absolute Gasteiger partial charge is 0.393 e. The van der Waals surface area contributed by atoms with Crippen molar-refractivity contribution < 1.29 is 9.90 Å². The molecule has 0 bridgehead atoms. The highest BCUT2D eigenvalue weighted by Crippen LogP contribution is 2.44. The van der Waals surface area contributed by atoms with Crippen LogP contribution in [0.5, 0.6) is 0 Å².